The fourth-order valence-electron chi connectivity index (χ4n) is 2.75. The molecule has 8 heteroatoms. The highest BCUT2D eigenvalue weighted by atomic mass is 79.9. The number of amides is 3. The Kier molecular flexibility index (Phi) is 6.26. The number of nitrogens with zero attached hydrogens (tertiary/aromatic N) is 1. The summed E-state index contributed by atoms with van der Waals surface area (Å²) in [4.78, 5) is 26.2. The van der Waals surface area contributed by atoms with Gasteiger partial charge in [-0.2, -0.15) is 0 Å². The van der Waals surface area contributed by atoms with Crippen LogP contribution in [0.15, 0.2) is 46.6 Å². The van der Waals surface area contributed by atoms with Gasteiger partial charge in [-0.3, -0.25) is 4.79 Å². The van der Waals surface area contributed by atoms with Crippen molar-refractivity contribution in [1.82, 2.24) is 5.32 Å². The summed E-state index contributed by atoms with van der Waals surface area (Å²) in [7, 11) is 0. The van der Waals surface area contributed by atoms with Gasteiger partial charge in [0.05, 0.1) is 23.4 Å². The van der Waals surface area contributed by atoms with E-state index in [1.54, 1.807) is 42.5 Å². The average molecular weight is 466 g/mol. The third-order valence-corrected chi connectivity index (χ3v) is 4.76. The summed E-state index contributed by atoms with van der Waals surface area (Å²) < 4.78 is 12.0. The normalized spacial score (nSPS) is 15.1. The molecule has 0 aromatic heterocycles. The van der Waals surface area contributed by atoms with E-state index in [9.17, 15) is 9.59 Å². The number of ether oxygens (including phenoxy) is 2. The van der Waals surface area contributed by atoms with Crippen molar-refractivity contribution < 1.29 is 19.1 Å². The fraction of sp³-hybridized carbons (Fsp3) is 0.200. The number of anilines is 1. The van der Waals surface area contributed by atoms with E-state index in [-0.39, 0.29) is 5.70 Å². The van der Waals surface area contributed by atoms with Crippen molar-refractivity contribution in [1.29, 1.82) is 0 Å². The minimum absolute atomic E-state index is 0.141. The van der Waals surface area contributed by atoms with Crippen LogP contribution in [0.25, 0.3) is 6.08 Å². The summed E-state index contributed by atoms with van der Waals surface area (Å²) in [5, 5.41) is 3.04. The van der Waals surface area contributed by atoms with Gasteiger partial charge in [0.2, 0.25) is 0 Å². The zero-order valence-electron chi connectivity index (χ0n) is 15.3. The van der Waals surface area contributed by atoms with Crippen LogP contribution in [0.5, 0.6) is 11.5 Å². The van der Waals surface area contributed by atoms with Gasteiger partial charge in [-0.05, 0) is 60.1 Å². The lowest BCUT2D eigenvalue weighted by Gasteiger charge is -2.13. The first-order chi connectivity index (χ1) is 13.4. The first-order valence-corrected chi connectivity index (χ1v) is 9.83. The molecule has 3 amide bonds. The van der Waals surface area contributed by atoms with Gasteiger partial charge < -0.3 is 14.8 Å². The smallest absolute Gasteiger partial charge is 0.333 e. The zero-order chi connectivity index (χ0) is 20.3. The lowest BCUT2D eigenvalue weighted by Crippen LogP contribution is -2.30. The average Bonchev–Trinajstić information content (AvgIpc) is 2.92. The number of carbonyl (C=O) groups is 2. The first-order valence-electron chi connectivity index (χ1n) is 8.66. The van der Waals surface area contributed by atoms with E-state index in [0.717, 1.165) is 4.90 Å². The molecule has 0 saturated carbocycles. The van der Waals surface area contributed by atoms with Crippen LogP contribution >= 0.6 is 27.5 Å². The number of imide groups is 1. The predicted octanol–water partition coefficient (Wildman–Crippen LogP) is 5.00. The largest absolute Gasteiger partial charge is 0.493 e. The van der Waals surface area contributed by atoms with Crippen LogP contribution in [0.4, 0.5) is 10.5 Å². The summed E-state index contributed by atoms with van der Waals surface area (Å²) in [6, 6.07) is 9.54. The maximum Gasteiger partial charge on any atom is 0.333 e. The van der Waals surface area contributed by atoms with Gasteiger partial charge in [0.1, 0.15) is 17.2 Å². The molecule has 0 spiro atoms. The topological polar surface area (TPSA) is 67.9 Å². The lowest BCUT2D eigenvalue weighted by atomic mass is 10.1. The van der Waals surface area contributed by atoms with Crippen molar-refractivity contribution in [2.75, 3.05) is 18.1 Å². The Morgan fingerprint density at radius 1 is 1.11 bits per heavy atom. The number of benzene rings is 2. The molecule has 0 unspecified atom stereocenters. The van der Waals surface area contributed by atoms with E-state index in [0.29, 0.717) is 45.5 Å². The SMILES string of the molecule is CCOc1cc(OCC)c(/C=C2/NC(=O)N(c3cccc(Cl)c3)C2=O)cc1Br. The first kappa shape index (κ1) is 20.2. The van der Waals surface area contributed by atoms with Crippen LogP contribution in [0.3, 0.4) is 0 Å². The molecule has 146 valence electrons. The predicted molar refractivity (Wildman–Crippen MR) is 112 cm³/mol. The van der Waals surface area contributed by atoms with Crippen LogP contribution in [0.2, 0.25) is 5.02 Å². The molecule has 1 saturated heterocycles. The lowest BCUT2D eigenvalue weighted by molar-refractivity contribution is -0.113. The highest BCUT2D eigenvalue weighted by molar-refractivity contribution is 9.10. The molecule has 2 aromatic rings. The van der Waals surface area contributed by atoms with Gasteiger partial charge in [-0.15, -0.1) is 0 Å². The van der Waals surface area contributed by atoms with E-state index < -0.39 is 11.9 Å². The van der Waals surface area contributed by atoms with Crippen molar-refractivity contribution in [3.63, 3.8) is 0 Å². The maximum atomic E-state index is 12.8. The van der Waals surface area contributed by atoms with E-state index in [1.807, 2.05) is 13.8 Å². The van der Waals surface area contributed by atoms with Crippen molar-refractivity contribution in [2.45, 2.75) is 13.8 Å². The van der Waals surface area contributed by atoms with Crippen LogP contribution in [0.1, 0.15) is 19.4 Å². The summed E-state index contributed by atoms with van der Waals surface area (Å²) in [5.41, 5.74) is 1.17. The van der Waals surface area contributed by atoms with Crippen molar-refractivity contribution >= 4 is 51.2 Å². The Hall–Kier alpha value is -2.51. The number of rotatable bonds is 6. The van der Waals surface area contributed by atoms with Gasteiger partial charge >= 0.3 is 6.03 Å². The van der Waals surface area contributed by atoms with Crippen LogP contribution < -0.4 is 19.7 Å². The van der Waals surface area contributed by atoms with E-state index in [2.05, 4.69) is 21.2 Å². The molecule has 28 heavy (non-hydrogen) atoms. The van der Waals surface area contributed by atoms with Gasteiger partial charge in [-0.1, -0.05) is 17.7 Å². The highest BCUT2D eigenvalue weighted by Gasteiger charge is 2.35. The molecule has 1 aliphatic heterocycles. The van der Waals surface area contributed by atoms with Crippen LogP contribution in [0, 0.1) is 0 Å². The molecule has 6 nitrogen and oxygen atoms in total. The molecule has 0 atom stereocenters. The monoisotopic (exact) mass is 464 g/mol. The van der Waals surface area contributed by atoms with E-state index in [1.165, 1.54) is 0 Å². The number of nitrogens with one attached hydrogen (secondary N) is 1. The minimum atomic E-state index is -0.540. The minimum Gasteiger partial charge on any atom is -0.493 e. The van der Waals surface area contributed by atoms with Gasteiger partial charge in [0.25, 0.3) is 5.91 Å². The number of hydrogen-bond acceptors (Lipinski definition) is 4. The number of carbonyl (C=O) groups excluding carboxylic acids is 2. The summed E-state index contributed by atoms with van der Waals surface area (Å²) in [6.45, 7) is 4.70. The molecule has 1 N–H and O–H groups in total. The summed E-state index contributed by atoms with van der Waals surface area (Å²) >= 11 is 9.44. The van der Waals surface area contributed by atoms with Gasteiger partial charge in [-0.25, -0.2) is 9.69 Å². The number of urea groups is 1. The molecule has 2 aromatic carbocycles. The Labute approximate surface area is 176 Å². The molecule has 1 heterocycles. The quantitative estimate of drug-likeness (QED) is 0.482. The van der Waals surface area contributed by atoms with Crippen LogP contribution in [-0.2, 0) is 4.79 Å². The van der Waals surface area contributed by atoms with Crippen molar-refractivity contribution in [3.05, 3.63) is 57.2 Å². The zero-order valence-corrected chi connectivity index (χ0v) is 17.6. The third kappa shape index (κ3) is 4.15. The Morgan fingerprint density at radius 2 is 1.82 bits per heavy atom. The Morgan fingerprint density at radius 3 is 2.50 bits per heavy atom. The number of hydrogen-bond donors (Lipinski definition) is 1. The summed E-state index contributed by atoms with van der Waals surface area (Å²) in [6.07, 6.45) is 1.58. The number of halogens is 2. The second-order valence-electron chi connectivity index (χ2n) is 5.80. The summed E-state index contributed by atoms with van der Waals surface area (Å²) in [5.74, 6) is 0.708. The molecule has 3 rings (SSSR count). The Balaban J connectivity index is 1.98. The van der Waals surface area contributed by atoms with Crippen molar-refractivity contribution in [3.8, 4) is 11.5 Å². The molecule has 1 fully saturated rings. The highest BCUT2D eigenvalue weighted by Crippen LogP contribution is 2.35. The molecular weight excluding hydrogens is 448 g/mol. The van der Waals surface area contributed by atoms with Gasteiger partial charge in [0, 0.05) is 16.7 Å². The molecule has 1 aliphatic rings. The maximum absolute atomic E-state index is 12.8. The molecular formula is C20H18BrClN2O4. The van der Waals surface area contributed by atoms with Crippen LogP contribution in [-0.4, -0.2) is 25.2 Å². The third-order valence-electron chi connectivity index (χ3n) is 3.91. The second kappa shape index (κ2) is 8.67. The van der Waals surface area contributed by atoms with Gasteiger partial charge in [0.15, 0.2) is 0 Å². The standard InChI is InChI=1S/C20H18BrClN2O4/c1-3-27-17-11-18(28-4-2)15(21)8-12(17)9-16-19(25)24(20(26)23-16)14-7-5-6-13(22)10-14/h5-11H,3-4H2,1-2H3,(H,23,26)/b16-9+. The second-order valence-corrected chi connectivity index (χ2v) is 7.09. The Bertz CT molecular complexity index is 961. The van der Waals surface area contributed by atoms with E-state index >= 15 is 0 Å². The molecule has 0 bridgehead atoms. The van der Waals surface area contributed by atoms with Crippen molar-refractivity contribution in [2.24, 2.45) is 0 Å². The fourth-order valence-corrected chi connectivity index (χ4v) is 3.41. The molecule has 0 aliphatic carbocycles. The van der Waals surface area contributed by atoms with E-state index in [4.69, 9.17) is 21.1 Å². The molecule has 0 radical (unpaired) electrons.